The van der Waals surface area contributed by atoms with Crippen LogP contribution in [0.4, 0.5) is 0 Å². The van der Waals surface area contributed by atoms with E-state index in [4.69, 9.17) is 4.63 Å². The third kappa shape index (κ3) is 1.96. The molecule has 1 aliphatic rings. The lowest BCUT2D eigenvalue weighted by atomic mass is 10.1. The maximum absolute atomic E-state index is 4.73. The molecule has 3 heterocycles. The van der Waals surface area contributed by atoms with E-state index in [0.29, 0.717) is 6.04 Å². The number of hydrogen-bond acceptors (Lipinski definition) is 6. The first-order chi connectivity index (χ1) is 9.90. The van der Waals surface area contributed by atoms with Crippen LogP contribution in [0.1, 0.15) is 30.3 Å². The van der Waals surface area contributed by atoms with Crippen molar-refractivity contribution in [2.24, 2.45) is 0 Å². The summed E-state index contributed by atoms with van der Waals surface area (Å²) in [7, 11) is 0. The Kier molecular flexibility index (Phi) is 2.70. The molecular formula is C13H14N6O. The minimum absolute atomic E-state index is 0.323. The van der Waals surface area contributed by atoms with Crippen LogP contribution in [0.25, 0.3) is 11.0 Å². The third-order valence-electron chi connectivity index (χ3n) is 3.82. The van der Waals surface area contributed by atoms with Crippen LogP contribution in [-0.2, 0) is 6.54 Å². The average Bonchev–Trinajstić information content (AvgIpc) is 3.19. The zero-order valence-corrected chi connectivity index (χ0v) is 10.9. The molecule has 0 saturated carbocycles. The van der Waals surface area contributed by atoms with Crippen molar-refractivity contribution in [1.82, 2.24) is 30.4 Å². The lowest BCUT2D eigenvalue weighted by Gasteiger charge is -2.22. The summed E-state index contributed by atoms with van der Waals surface area (Å²) in [5.41, 5.74) is 2.81. The van der Waals surface area contributed by atoms with Gasteiger partial charge in [-0.25, -0.2) is 9.61 Å². The molecule has 4 rings (SSSR count). The fraction of sp³-hybridized carbons (Fsp3) is 0.385. The standard InChI is InChI=1S/C13H14N6O/c1-2-12(13-14-8-15-16-13)19(5-1)7-9-3-4-10-11(6-9)18-20-17-10/h3-4,6,8,12H,1-2,5,7H2,(H,14,15,16)/t12-/m0/s1. The highest BCUT2D eigenvalue weighted by molar-refractivity contribution is 5.73. The van der Waals surface area contributed by atoms with E-state index in [9.17, 15) is 0 Å². The summed E-state index contributed by atoms with van der Waals surface area (Å²) in [5.74, 6) is 0.951. The van der Waals surface area contributed by atoms with Crippen molar-refractivity contribution < 1.29 is 4.63 Å². The molecule has 1 atom stereocenters. The van der Waals surface area contributed by atoms with Gasteiger partial charge in [0.25, 0.3) is 0 Å². The molecule has 0 aliphatic carbocycles. The molecule has 102 valence electrons. The molecule has 1 saturated heterocycles. The van der Waals surface area contributed by atoms with Gasteiger partial charge in [-0.2, -0.15) is 5.10 Å². The lowest BCUT2D eigenvalue weighted by molar-refractivity contribution is 0.240. The fourth-order valence-corrected chi connectivity index (χ4v) is 2.86. The topological polar surface area (TPSA) is 83.7 Å². The summed E-state index contributed by atoms with van der Waals surface area (Å²) in [5, 5.41) is 14.6. The molecule has 0 radical (unpaired) electrons. The zero-order chi connectivity index (χ0) is 13.4. The van der Waals surface area contributed by atoms with Crippen LogP contribution in [0.2, 0.25) is 0 Å². The lowest BCUT2D eigenvalue weighted by Crippen LogP contribution is -2.23. The van der Waals surface area contributed by atoms with Gasteiger partial charge in [0.15, 0.2) is 0 Å². The monoisotopic (exact) mass is 270 g/mol. The van der Waals surface area contributed by atoms with Crippen molar-refractivity contribution in [3.63, 3.8) is 0 Å². The summed E-state index contributed by atoms with van der Waals surface area (Å²) in [6.07, 6.45) is 3.86. The smallest absolute Gasteiger partial charge is 0.141 e. The fourth-order valence-electron chi connectivity index (χ4n) is 2.86. The Hall–Kier alpha value is -2.28. The Morgan fingerprint density at radius 3 is 3.15 bits per heavy atom. The Morgan fingerprint density at radius 2 is 2.25 bits per heavy atom. The molecule has 1 aromatic carbocycles. The highest BCUT2D eigenvalue weighted by atomic mass is 16.6. The van der Waals surface area contributed by atoms with Crippen LogP contribution in [0, 0.1) is 0 Å². The number of fused-ring (bicyclic) bond motifs is 1. The third-order valence-corrected chi connectivity index (χ3v) is 3.82. The van der Waals surface area contributed by atoms with Gasteiger partial charge in [-0.15, -0.1) is 0 Å². The van der Waals surface area contributed by atoms with Crippen LogP contribution in [0.15, 0.2) is 29.2 Å². The van der Waals surface area contributed by atoms with Gasteiger partial charge in [0.1, 0.15) is 23.2 Å². The number of aromatic amines is 1. The molecule has 20 heavy (non-hydrogen) atoms. The van der Waals surface area contributed by atoms with Gasteiger partial charge in [-0.3, -0.25) is 10.00 Å². The largest absolute Gasteiger partial charge is 0.289 e. The van der Waals surface area contributed by atoms with Crippen molar-refractivity contribution >= 4 is 11.0 Å². The number of nitrogens with zero attached hydrogens (tertiary/aromatic N) is 5. The Balaban J connectivity index is 1.58. The van der Waals surface area contributed by atoms with E-state index in [-0.39, 0.29) is 0 Å². The summed E-state index contributed by atoms with van der Waals surface area (Å²) < 4.78 is 4.73. The Bertz CT molecular complexity index is 707. The molecule has 3 aromatic rings. The van der Waals surface area contributed by atoms with Crippen molar-refractivity contribution in [1.29, 1.82) is 0 Å². The van der Waals surface area contributed by atoms with E-state index in [0.717, 1.165) is 36.4 Å². The second kappa shape index (κ2) is 4.68. The molecule has 7 nitrogen and oxygen atoms in total. The number of benzene rings is 1. The summed E-state index contributed by atoms with van der Waals surface area (Å²) in [6.45, 7) is 1.94. The first-order valence-corrected chi connectivity index (χ1v) is 6.71. The quantitative estimate of drug-likeness (QED) is 0.779. The predicted molar refractivity (Wildman–Crippen MR) is 70.6 cm³/mol. The van der Waals surface area contributed by atoms with Crippen LogP contribution in [0.3, 0.4) is 0 Å². The number of rotatable bonds is 3. The summed E-state index contributed by atoms with van der Waals surface area (Å²) in [6, 6.07) is 6.37. The number of hydrogen-bond donors (Lipinski definition) is 1. The normalized spacial score (nSPS) is 19.9. The molecule has 2 aromatic heterocycles. The number of likely N-dealkylation sites (tertiary alicyclic amines) is 1. The molecule has 1 aliphatic heterocycles. The molecule has 1 N–H and O–H groups in total. The zero-order valence-electron chi connectivity index (χ0n) is 10.9. The van der Waals surface area contributed by atoms with E-state index >= 15 is 0 Å². The van der Waals surface area contributed by atoms with Crippen molar-refractivity contribution in [3.8, 4) is 0 Å². The van der Waals surface area contributed by atoms with Crippen LogP contribution in [-0.4, -0.2) is 36.9 Å². The molecule has 0 spiro atoms. The van der Waals surface area contributed by atoms with Gasteiger partial charge < -0.3 is 0 Å². The SMILES string of the molecule is c1n[nH]c([C@@H]2CCCN2Cc2ccc3nonc3c2)n1. The summed E-state index contributed by atoms with van der Waals surface area (Å²) >= 11 is 0. The first-order valence-electron chi connectivity index (χ1n) is 6.71. The molecule has 0 bridgehead atoms. The van der Waals surface area contributed by atoms with Crippen molar-refractivity contribution in [2.45, 2.75) is 25.4 Å². The number of H-pyrrole nitrogens is 1. The summed E-state index contributed by atoms with van der Waals surface area (Å²) in [4.78, 5) is 6.70. The Labute approximate surface area is 115 Å². The van der Waals surface area contributed by atoms with Crippen molar-refractivity contribution in [3.05, 3.63) is 35.9 Å². The maximum atomic E-state index is 4.73. The predicted octanol–water partition coefficient (Wildman–Crippen LogP) is 1.68. The minimum Gasteiger partial charge on any atom is -0.289 e. The average molecular weight is 270 g/mol. The van der Waals surface area contributed by atoms with Crippen molar-refractivity contribution in [2.75, 3.05) is 6.54 Å². The highest BCUT2D eigenvalue weighted by Gasteiger charge is 2.28. The van der Waals surface area contributed by atoms with Crippen LogP contribution in [0.5, 0.6) is 0 Å². The van der Waals surface area contributed by atoms with E-state index in [1.54, 1.807) is 6.33 Å². The van der Waals surface area contributed by atoms with E-state index in [2.05, 4.69) is 36.5 Å². The highest BCUT2D eigenvalue weighted by Crippen LogP contribution is 2.31. The van der Waals surface area contributed by atoms with Gasteiger partial charge in [0.2, 0.25) is 0 Å². The number of nitrogens with one attached hydrogen (secondary N) is 1. The van der Waals surface area contributed by atoms with Crippen LogP contribution >= 0.6 is 0 Å². The maximum Gasteiger partial charge on any atom is 0.141 e. The van der Waals surface area contributed by atoms with Crippen LogP contribution < -0.4 is 0 Å². The van der Waals surface area contributed by atoms with Gasteiger partial charge >= 0.3 is 0 Å². The first kappa shape index (κ1) is 11.5. The van der Waals surface area contributed by atoms with Gasteiger partial charge in [-0.05, 0) is 47.4 Å². The molecule has 7 heteroatoms. The number of aromatic nitrogens is 5. The Morgan fingerprint density at radius 1 is 1.30 bits per heavy atom. The molecule has 0 amide bonds. The van der Waals surface area contributed by atoms with Gasteiger partial charge in [0, 0.05) is 6.54 Å². The second-order valence-corrected chi connectivity index (χ2v) is 5.09. The van der Waals surface area contributed by atoms with E-state index in [1.807, 2.05) is 12.1 Å². The molecule has 0 unspecified atom stereocenters. The molecule has 1 fully saturated rings. The van der Waals surface area contributed by atoms with E-state index < -0.39 is 0 Å². The second-order valence-electron chi connectivity index (χ2n) is 5.09. The van der Waals surface area contributed by atoms with E-state index in [1.165, 1.54) is 12.0 Å². The van der Waals surface area contributed by atoms with Gasteiger partial charge in [0.05, 0.1) is 6.04 Å². The minimum atomic E-state index is 0.323. The van der Waals surface area contributed by atoms with Gasteiger partial charge in [-0.1, -0.05) is 6.07 Å². The molecular weight excluding hydrogens is 256 g/mol.